The molecule has 2 aromatic rings. The molecule has 0 bridgehead atoms. The van der Waals surface area contributed by atoms with Gasteiger partial charge in [-0.05, 0) is 60.7 Å². The average molecular weight is 436 g/mol. The van der Waals surface area contributed by atoms with E-state index in [-0.39, 0.29) is 28.9 Å². The van der Waals surface area contributed by atoms with E-state index in [2.05, 4.69) is 15.9 Å². The highest BCUT2D eigenvalue weighted by atomic mass is 79.9. The van der Waals surface area contributed by atoms with E-state index in [0.717, 1.165) is 22.2 Å². The van der Waals surface area contributed by atoms with Crippen LogP contribution in [0.5, 0.6) is 5.75 Å². The molecule has 7 heteroatoms. The highest BCUT2D eigenvalue weighted by Gasteiger charge is 2.35. The third-order valence-corrected chi connectivity index (χ3v) is 5.09. The number of carbonyl (C=O) groups is 2. The minimum Gasteiger partial charge on any atom is -0.492 e. The van der Waals surface area contributed by atoms with E-state index < -0.39 is 11.7 Å². The predicted octanol–water partition coefficient (Wildman–Crippen LogP) is 5.01. The normalized spacial score (nSPS) is 15.8. The first kappa shape index (κ1) is 18.7. The Morgan fingerprint density at radius 2 is 2.04 bits per heavy atom. The summed E-state index contributed by atoms with van der Waals surface area (Å²) in [6, 6.07) is 12.0. The number of hydrogen-bond acceptors (Lipinski definition) is 4. The molecule has 0 aliphatic carbocycles. The van der Waals surface area contributed by atoms with Crippen molar-refractivity contribution in [3.05, 3.63) is 68.8 Å². The molecule has 1 aliphatic rings. The number of carbonyl (C=O) groups excluding carboxylic acids is 2. The van der Waals surface area contributed by atoms with Crippen LogP contribution in [0.3, 0.4) is 0 Å². The van der Waals surface area contributed by atoms with Crippen molar-refractivity contribution < 1.29 is 18.7 Å². The average Bonchev–Trinajstić information content (AvgIpc) is 2.86. The monoisotopic (exact) mass is 435 g/mol. The van der Waals surface area contributed by atoms with Gasteiger partial charge in [0, 0.05) is 10.0 Å². The zero-order valence-corrected chi connectivity index (χ0v) is 16.3. The molecular formula is C19H15BrFNO3S. The lowest BCUT2D eigenvalue weighted by Crippen LogP contribution is -2.32. The maximum Gasteiger partial charge on any atom is 0.293 e. The summed E-state index contributed by atoms with van der Waals surface area (Å²) in [5.74, 6) is -0.210. The summed E-state index contributed by atoms with van der Waals surface area (Å²) < 4.78 is 20.1. The third kappa shape index (κ3) is 4.34. The summed E-state index contributed by atoms with van der Waals surface area (Å²) in [6.45, 7) is 2.28. The first-order valence-corrected chi connectivity index (χ1v) is 9.45. The number of aryl methyl sites for hydroxylation is 1. The van der Waals surface area contributed by atoms with Gasteiger partial charge >= 0.3 is 0 Å². The summed E-state index contributed by atoms with van der Waals surface area (Å²) in [5, 5.41) is -0.385. The zero-order valence-electron chi connectivity index (χ0n) is 13.9. The number of ether oxygens (including phenoxy) is 1. The Morgan fingerprint density at radius 3 is 2.81 bits per heavy atom. The lowest BCUT2D eigenvalue weighted by molar-refractivity contribution is -0.123. The van der Waals surface area contributed by atoms with Crippen LogP contribution >= 0.6 is 27.7 Å². The molecule has 0 aromatic heterocycles. The van der Waals surface area contributed by atoms with Gasteiger partial charge in [0.1, 0.15) is 18.2 Å². The maximum absolute atomic E-state index is 13.9. The number of hydrogen-bond donors (Lipinski definition) is 0. The Hall–Kier alpha value is -2.12. The SMILES string of the molecule is Cc1cccc(OCCN2C(=O)S/C(=C\c3cc(Br)ccc3F)C2=O)c1. The smallest absolute Gasteiger partial charge is 0.293 e. The van der Waals surface area contributed by atoms with Crippen molar-refractivity contribution in [1.29, 1.82) is 0 Å². The molecule has 2 amide bonds. The van der Waals surface area contributed by atoms with Gasteiger partial charge in [-0.15, -0.1) is 0 Å². The summed E-state index contributed by atoms with van der Waals surface area (Å²) in [7, 11) is 0. The van der Waals surface area contributed by atoms with Crippen LogP contribution in [0.1, 0.15) is 11.1 Å². The molecule has 4 nitrogen and oxygen atoms in total. The molecule has 1 fully saturated rings. The van der Waals surface area contributed by atoms with Gasteiger partial charge in [0.25, 0.3) is 11.1 Å². The number of halogens is 2. The van der Waals surface area contributed by atoms with Crippen LogP contribution in [0.15, 0.2) is 51.8 Å². The van der Waals surface area contributed by atoms with Gasteiger partial charge in [-0.25, -0.2) is 4.39 Å². The van der Waals surface area contributed by atoms with E-state index in [1.807, 2.05) is 31.2 Å². The van der Waals surface area contributed by atoms with Crippen LogP contribution in [0, 0.1) is 12.7 Å². The van der Waals surface area contributed by atoms with E-state index in [9.17, 15) is 14.0 Å². The molecule has 3 rings (SSSR count). The van der Waals surface area contributed by atoms with Crippen LogP contribution in [-0.2, 0) is 4.79 Å². The number of thioether (sulfide) groups is 1. The fourth-order valence-electron chi connectivity index (χ4n) is 2.42. The van der Waals surface area contributed by atoms with Gasteiger partial charge in [0.05, 0.1) is 11.4 Å². The predicted molar refractivity (Wildman–Crippen MR) is 103 cm³/mol. The van der Waals surface area contributed by atoms with Crippen LogP contribution in [0.2, 0.25) is 0 Å². The van der Waals surface area contributed by atoms with Crippen LogP contribution in [0.25, 0.3) is 6.08 Å². The summed E-state index contributed by atoms with van der Waals surface area (Å²) >= 11 is 4.07. The topological polar surface area (TPSA) is 46.6 Å². The van der Waals surface area contributed by atoms with Gasteiger partial charge in [-0.1, -0.05) is 28.1 Å². The molecular weight excluding hydrogens is 421 g/mol. The zero-order chi connectivity index (χ0) is 18.7. The van der Waals surface area contributed by atoms with Crippen molar-refractivity contribution in [2.24, 2.45) is 0 Å². The summed E-state index contributed by atoms with van der Waals surface area (Å²) in [4.78, 5) is 25.9. The minimum absolute atomic E-state index is 0.136. The molecule has 0 unspecified atom stereocenters. The second kappa shape index (κ2) is 8.05. The lowest BCUT2D eigenvalue weighted by atomic mass is 10.2. The molecule has 0 spiro atoms. The van der Waals surface area contributed by atoms with Crippen molar-refractivity contribution in [2.75, 3.05) is 13.2 Å². The molecule has 1 heterocycles. The Kier molecular flexibility index (Phi) is 5.78. The molecule has 0 atom stereocenters. The van der Waals surface area contributed by atoms with Crippen LogP contribution in [0.4, 0.5) is 9.18 Å². The van der Waals surface area contributed by atoms with Crippen LogP contribution < -0.4 is 4.74 Å². The fraction of sp³-hybridized carbons (Fsp3) is 0.158. The largest absolute Gasteiger partial charge is 0.492 e. The first-order valence-electron chi connectivity index (χ1n) is 7.84. The van der Waals surface area contributed by atoms with Gasteiger partial charge in [-0.3, -0.25) is 14.5 Å². The third-order valence-electron chi connectivity index (χ3n) is 3.69. The van der Waals surface area contributed by atoms with E-state index in [4.69, 9.17) is 4.74 Å². The molecule has 1 saturated heterocycles. The molecule has 26 heavy (non-hydrogen) atoms. The standard InChI is InChI=1S/C19H15BrFNO3S/c1-12-3-2-4-15(9-12)25-8-7-22-18(23)17(26-19(22)24)11-13-10-14(20)5-6-16(13)21/h2-6,9-11H,7-8H2,1H3/b17-11-. The van der Waals surface area contributed by atoms with Crippen molar-refractivity contribution in [3.8, 4) is 5.75 Å². The summed E-state index contributed by atoms with van der Waals surface area (Å²) in [5.41, 5.74) is 1.31. The number of rotatable bonds is 5. The number of imide groups is 1. The lowest BCUT2D eigenvalue weighted by Gasteiger charge is -2.13. The van der Waals surface area contributed by atoms with Gasteiger partial charge in [0.15, 0.2) is 0 Å². The fourth-order valence-corrected chi connectivity index (χ4v) is 3.65. The molecule has 0 radical (unpaired) electrons. The number of amides is 2. The second-order valence-corrected chi connectivity index (χ2v) is 7.57. The highest BCUT2D eigenvalue weighted by molar-refractivity contribution is 9.10. The summed E-state index contributed by atoms with van der Waals surface area (Å²) in [6.07, 6.45) is 1.40. The minimum atomic E-state index is -0.456. The van der Waals surface area contributed by atoms with E-state index in [1.54, 1.807) is 12.1 Å². The van der Waals surface area contributed by atoms with Crippen molar-refractivity contribution in [1.82, 2.24) is 4.90 Å². The quantitative estimate of drug-likeness (QED) is 0.619. The molecule has 1 aliphatic heterocycles. The maximum atomic E-state index is 13.9. The van der Waals surface area contributed by atoms with Crippen molar-refractivity contribution in [3.63, 3.8) is 0 Å². The van der Waals surface area contributed by atoms with E-state index in [1.165, 1.54) is 12.1 Å². The van der Waals surface area contributed by atoms with E-state index in [0.29, 0.717) is 10.2 Å². The molecule has 134 valence electrons. The Labute approximate surface area is 163 Å². The van der Waals surface area contributed by atoms with E-state index >= 15 is 0 Å². The second-order valence-electron chi connectivity index (χ2n) is 5.66. The van der Waals surface area contributed by atoms with Gasteiger partial charge < -0.3 is 4.74 Å². The van der Waals surface area contributed by atoms with Gasteiger partial charge in [0.2, 0.25) is 0 Å². The van der Waals surface area contributed by atoms with Gasteiger partial charge in [-0.2, -0.15) is 0 Å². The number of nitrogens with zero attached hydrogens (tertiary/aromatic N) is 1. The number of benzene rings is 2. The molecule has 2 aromatic carbocycles. The highest BCUT2D eigenvalue weighted by Crippen LogP contribution is 2.33. The first-order chi connectivity index (χ1) is 12.4. The van der Waals surface area contributed by atoms with Crippen molar-refractivity contribution in [2.45, 2.75) is 6.92 Å². The molecule has 0 N–H and O–H groups in total. The molecule has 0 saturated carbocycles. The Balaban J connectivity index is 1.67. The Morgan fingerprint density at radius 1 is 1.23 bits per heavy atom. The Bertz CT molecular complexity index is 900. The van der Waals surface area contributed by atoms with Crippen molar-refractivity contribution >= 4 is 44.9 Å². The van der Waals surface area contributed by atoms with Crippen LogP contribution in [-0.4, -0.2) is 29.2 Å².